The third-order valence-corrected chi connectivity index (χ3v) is 5.00. The first-order valence-electron chi connectivity index (χ1n) is 8.92. The lowest BCUT2D eigenvalue weighted by Crippen LogP contribution is -2.21. The number of nitrogens with one attached hydrogen (secondary N) is 1. The van der Waals surface area contributed by atoms with Crippen LogP contribution in [-0.2, 0) is 9.53 Å². The predicted octanol–water partition coefficient (Wildman–Crippen LogP) is 4.92. The third kappa shape index (κ3) is 4.98. The van der Waals surface area contributed by atoms with Crippen LogP contribution in [0.3, 0.4) is 0 Å². The normalized spacial score (nSPS) is 10.4. The lowest BCUT2D eigenvalue weighted by atomic mass is 10.1. The fourth-order valence-electron chi connectivity index (χ4n) is 2.61. The van der Waals surface area contributed by atoms with Gasteiger partial charge in [0.15, 0.2) is 6.61 Å². The summed E-state index contributed by atoms with van der Waals surface area (Å²) in [5, 5.41) is 3.23. The first-order valence-corrected chi connectivity index (χ1v) is 9.74. The molecular formula is C22H21NO4S. The minimum atomic E-state index is -0.462. The average molecular weight is 395 g/mol. The second-order valence-electron chi connectivity index (χ2n) is 6.09. The number of aryl methyl sites for hydroxylation is 1. The molecule has 0 radical (unpaired) electrons. The Hall–Kier alpha value is -3.12. The molecule has 144 valence electrons. The molecular weight excluding hydrogens is 374 g/mol. The molecule has 5 nitrogen and oxygen atoms in total. The number of carbonyl (C=O) groups excluding carboxylic acids is 2. The van der Waals surface area contributed by atoms with Crippen LogP contribution in [0.4, 0.5) is 5.00 Å². The second-order valence-corrected chi connectivity index (χ2v) is 7.15. The fourth-order valence-corrected chi connectivity index (χ4v) is 3.67. The van der Waals surface area contributed by atoms with E-state index in [0.717, 1.165) is 16.0 Å². The molecule has 6 heteroatoms. The Balaban J connectivity index is 1.76. The molecule has 1 N–H and O–H groups in total. The Morgan fingerprint density at radius 3 is 2.54 bits per heavy atom. The maximum atomic E-state index is 12.4. The van der Waals surface area contributed by atoms with Gasteiger partial charge in [0.05, 0.1) is 12.2 Å². The van der Waals surface area contributed by atoms with Crippen LogP contribution >= 0.6 is 11.3 Å². The maximum absolute atomic E-state index is 12.4. The number of hydrogen-bond donors (Lipinski definition) is 1. The average Bonchev–Trinajstić information content (AvgIpc) is 3.11. The standard InChI is InChI=1S/C22H21NO4S/c1-3-26-22(25)18-13-19(16-9-5-4-6-10-16)28-21(18)23-20(24)14-27-17-11-7-8-15(2)12-17/h4-13H,3,14H2,1-2H3,(H,23,24). The zero-order chi connectivity index (χ0) is 19.9. The van der Waals surface area contributed by atoms with Gasteiger partial charge in [-0.15, -0.1) is 11.3 Å². The minimum Gasteiger partial charge on any atom is -0.484 e. The summed E-state index contributed by atoms with van der Waals surface area (Å²) in [6.07, 6.45) is 0. The molecule has 0 atom stereocenters. The lowest BCUT2D eigenvalue weighted by molar-refractivity contribution is -0.118. The summed E-state index contributed by atoms with van der Waals surface area (Å²) in [5.41, 5.74) is 2.36. The van der Waals surface area contributed by atoms with Crippen molar-refractivity contribution in [3.8, 4) is 16.2 Å². The molecule has 28 heavy (non-hydrogen) atoms. The summed E-state index contributed by atoms with van der Waals surface area (Å²) in [7, 11) is 0. The van der Waals surface area contributed by atoms with Gasteiger partial charge in [-0.1, -0.05) is 42.5 Å². The molecule has 3 rings (SSSR count). The van der Waals surface area contributed by atoms with Gasteiger partial charge >= 0.3 is 5.97 Å². The van der Waals surface area contributed by atoms with Crippen molar-refractivity contribution in [2.24, 2.45) is 0 Å². The molecule has 0 saturated heterocycles. The number of rotatable bonds is 7. The number of hydrogen-bond acceptors (Lipinski definition) is 5. The molecule has 0 unspecified atom stereocenters. The van der Waals surface area contributed by atoms with E-state index in [1.807, 2.05) is 55.5 Å². The van der Waals surface area contributed by atoms with Gasteiger partial charge in [-0.25, -0.2) is 4.79 Å². The van der Waals surface area contributed by atoms with Crippen LogP contribution in [0.15, 0.2) is 60.7 Å². The van der Waals surface area contributed by atoms with E-state index in [4.69, 9.17) is 9.47 Å². The lowest BCUT2D eigenvalue weighted by Gasteiger charge is -2.08. The van der Waals surface area contributed by atoms with E-state index in [9.17, 15) is 9.59 Å². The van der Waals surface area contributed by atoms with E-state index < -0.39 is 5.97 Å². The van der Waals surface area contributed by atoms with E-state index in [1.54, 1.807) is 19.1 Å². The summed E-state index contributed by atoms with van der Waals surface area (Å²) in [4.78, 5) is 25.6. The number of carbonyl (C=O) groups is 2. The topological polar surface area (TPSA) is 64.6 Å². The molecule has 0 spiro atoms. The Kier molecular flexibility index (Phi) is 6.45. The number of amides is 1. The van der Waals surface area contributed by atoms with Gasteiger partial charge in [0.2, 0.25) is 0 Å². The predicted molar refractivity (Wildman–Crippen MR) is 111 cm³/mol. The molecule has 0 aliphatic carbocycles. The molecule has 1 aromatic heterocycles. The minimum absolute atomic E-state index is 0.149. The number of ether oxygens (including phenoxy) is 2. The van der Waals surface area contributed by atoms with Crippen LogP contribution in [0.25, 0.3) is 10.4 Å². The third-order valence-electron chi connectivity index (χ3n) is 3.90. The van der Waals surface area contributed by atoms with Gasteiger partial charge < -0.3 is 14.8 Å². The maximum Gasteiger partial charge on any atom is 0.341 e. The zero-order valence-corrected chi connectivity index (χ0v) is 16.5. The van der Waals surface area contributed by atoms with Gasteiger partial charge in [-0.05, 0) is 43.2 Å². The number of thiophene rings is 1. The van der Waals surface area contributed by atoms with Crippen molar-refractivity contribution in [3.63, 3.8) is 0 Å². The smallest absolute Gasteiger partial charge is 0.341 e. The molecule has 0 aliphatic rings. The van der Waals surface area contributed by atoms with E-state index in [0.29, 0.717) is 16.3 Å². The molecule has 0 bridgehead atoms. The summed E-state index contributed by atoms with van der Waals surface area (Å²) in [6, 6.07) is 18.9. The van der Waals surface area contributed by atoms with E-state index in [-0.39, 0.29) is 19.1 Å². The van der Waals surface area contributed by atoms with Crippen LogP contribution in [0, 0.1) is 6.92 Å². The highest BCUT2D eigenvalue weighted by molar-refractivity contribution is 7.20. The molecule has 0 saturated carbocycles. The number of esters is 1. The highest BCUT2D eigenvalue weighted by Crippen LogP contribution is 2.35. The first kappa shape index (κ1) is 19.6. The van der Waals surface area contributed by atoms with Gasteiger partial charge in [-0.2, -0.15) is 0 Å². The van der Waals surface area contributed by atoms with E-state index in [2.05, 4.69) is 5.32 Å². The summed E-state index contributed by atoms with van der Waals surface area (Å²) >= 11 is 1.33. The van der Waals surface area contributed by atoms with E-state index >= 15 is 0 Å². The highest BCUT2D eigenvalue weighted by Gasteiger charge is 2.20. The Labute approximate surface area is 167 Å². The van der Waals surface area contributed by atoms with E-state index in [1.165, 1.54) is 11.3 Å². The Bertz CT molecular complexity index is 966. The van der Waals surface area contributed by atoms with Crippen molar-refractivity contribution in [2.45, 2.75) is 13.8 Å². The van der Waals surface area contributed by atoms with Crippen LogP contribution in [0.2, 0.25) is 0 Å². The Morgan fingerprint density at radius 2 is 1.82 bits per heavy atom. The first-order chi connectivity index (χ1) is 13.6. The quantitative estimate of drug-likeness (QED) is 0.577. The zero-order valence-electron chi connectivity index (χ0n) is 15.7. The highest BCUT2D eigenvalue weighted by atomic mass is 32.1. The second kappa shape index (κ2) is 9.19. The van der Waals surface area contributed by atoms with Crippen molar-refractivity contribution < 1.29 is 19.1 Å². The van der Waals surface area contributed by atoms with Crippen LogP contribution in [-0.4, -0.2) is 25.1 Å². The van der Waals surface area contributed by atoms with Crippen molar-refractivity contribution in [2.75, 3.05) is 18.5 Å². The van der Waals surface area contributed by atoms with Gasteiger partial charge in [0.1, 0.15) is 10.8 Å². The van der Waals surface area contributed by atoms with Crippen molar-refractivity contribution in [1.29, 1.82) is 0 Å². The monoisotopic (exact) mass is 395 g/mol. The molecule has 1 heterocycles. The summed E-state index contributed by atoms with van der Waals surface area (Å²) in [6.45, 7) is 3.81. The molecule has 1 amide bonds. The Morgan fingerprint density at radius 1 is 1.04 bits per heavy atom. The molecule has 2 aromatic carbocycles. The van der Waals surface area contributed by atoms with Crippen LogP contribution < -0.4 is 10.1 Å². The van der Waals surface area contributed by atoms with Crippen molar-refractivity contribution >= 4 is 28.2 Å². The van der Waals surface area contributed by atoms with Gasteiger partial charge in [0.25, 0.3) is 5.91 Å². The molecule has 0 fully saturated rings. The van der Waals surface area contributed by atoms with Gasteiger partial charge in [-0.3, -0.25) is 4.79 Å². The number of anilines is 1. The van der Waals surface area contributed by atoms with Crippen LogP contribution in [0.5, 0.6) is 5.75 Å². The fraction of sp³-hybridized carbons (Fsp3) is 0.182. The number of benzene rings is 2. The molecule has 3 aromatic rings. The largest absolute Gasteiger partial charge is 0.484 e. The SMILES string of the molecule is CCOC(=O)c1cc(-c2ccccc2)sc1NC(=O)COc1cccc(C)c1. The van der Waals surface area contributed by atoms with Crippen molar-refractivity contribution in [3.05, 3.63) is 71.8 Å². The van der Waals surface area contributed by atoms with Crippen molar-refractivity contribution in [1.82, 2.24) is 0 Å². The summed E-state index contributed by atoms with van der Waals surface area (Å²) in [5.74, 6) is -0.179. The molecule has 0 aliphatic heterocycles. The summed E-state index contributed by atoms with van der Waals surface area (Å²) < 4.78 is 10.7. The van der Waals surface area contributed by atoms with Gasteiger partial charge in [0, 0.05) is 4.88 Å². The van der Waals surface area contributed by atoms with Crippen LogP contribution in [0.1, 0.15) is 22.8 Å².